The number of amides is 1. The van der Waals surface area contributed by atoms with E-state index >= 15 is 0 Å². The van der Waals surface area contributed by atoms with Crippen molar-refractivity contribution in [2.75, 3.05) is 19.7 Å². The molecule has 1 aliphatic heterocycles. The molecule has 0 radical (unpaired) electrons. The van der Waals surface area contributed by atoms with Crippen molar-refractivity contribution in [3.63, 3.8) is 0 Å². The third kappa shape index (κ3) is 3.10. The van der Waals surface area contributed by atoms with E-state index in [-0.39, 0.29) is 5.91 Å². The number of carbonyl (C=O) groups excluding carboxylic acids is 1. The number of benzene rings is 2. The van der Waals surface area contributed by atoms with E-state index in [4.69, 9.17) is 4.74 Å². The van der Waals surface area contributed by atoms with E-state index in [1.807, 2.05) is 42.2 Å². The summed E-state index contributed by atoms with van der Waals surface area (Å²) in [6.07, 6.45) is 5.11. The molecule has 0 unspecified atom stereocenters. The van der Waals surface area contributed by atoms with E-state index in [1.54, 1.807) is 0 Å². The number of aromatic amines is 1. The molecule has 1 aliphatic rings. The van der Waals surface area contributed by atoms with Gasteiger partial charge in [0.1, 0.15) is 5.75 Å². The molecule has 0 aliphatic carbocycles. The normalized spacial score (nSPS) is 14.3. The van der Waals surface area contributed by atoms with Crippen molar-refractivity contribution >= 4 is 22.4 Å². The number of fused-ring (bicyclic) bond motifs is 1. The molecule has 4 heteroatoms. The number of aromatic nitrogens is 1. The van der Waals surface area contributed by atoms with Crippen molar-refractivity contribution in [1.82, 2.24) is 9.88 Å². The zero-order chi connectivity index (χ0) is 17.9. The van der Waals surface area contributed by atoms with Crippen molar-refractivity contribution in [1.29, 1.82) is 0 Å². The molecule has 132 valence electrons. The van der Waals surface area contributed by atoms with Crippen LogP contribution in [0.4, 0.5) is 0 Å². The number of carbonyl (C=O) groups is 1. The quantitative estimate of drug-likeness (QED) is 0.756. The molecule has 1 aromatic heterocycles. The molecule has 0 spiro atoms. The smallest absolute Gasteiger partial charge is 0.254 e. The first-order valence-electron chi connectivity index (χ1n) is 9.04. The molecule has 1 amide bonds. The molecular formula is C22H22N2O2. The second kappa shape index (κ2) is 7.08. The van der Waals surface area contributed by atoms with Gasteiger partial charge in [0.2, 0.25) is 0 Å². The Kier molecular flexibility index (Phi) is 4.48. The van der Waals surface area contributed by atoms with Crippen LogP contribution in [0.5, 0.6) is 5.75 Å². The van der Waals surface area contributed by atoms with Gasteiger partial charge in [-0.25, -0.2) is 0 Å². The second-order valence-corrected chi connectivity index (χ2v) is 6.44. The van der Waals surface area contributed by atoms with Crippen molar-refractivity contribution in [2.45, 2.75) is 13.3 Å². The van der Waals surface area contributed by atoms with Crippen LogP contribution in [-0.4, -0.2) is 35.5 Å². The molecule has 3 aromatic rings. The molecule has 0 saturated carbocycles. The molecule has 26 heavy (non-hydrogen) atoms. The highest BCUT2D eigenvalue weighted by atomic mass is 16.5. The Morgan fingerprint density at radius 3 is 2.69 bits per heavy atom. The predicted octanol–water partition coefficient (Wildman–Crippen LogP) is 4.50. The number of H-pyrrole nitrogens is 1. The first kappa shape index (κ1) is 16.5. The lowest BCUT2D eigenvalue weighted by Gasteiger charge is -2.26. The Labute approximate surface area is 153 Å². The summed E-state index contributed by atoms with van der Waals surface area (Å²) in [6, 6.07) is 15.7. The Morgan fingerprint density at radius 1 is 1.15 bits per heavy atom. The van der Waals surface area contributed by atoms with Gasteiger partial charge in [-0.3, -0.25) is 4.79 Å². The van der Waals surface area contributed by atoms with Gasteiger partial charge in [-0.05, 0) is 49.2 Å². The number of hydrogen-bond donors (Lipinski definition) is 1. The van der Waals surface area contributed by atoms with E-state index in [1.165, 1.54) is 16.5 Å². The van der Waals surface area contributed by atoms with Gasteiger partial charge >= 0.3 is 0 Å². The van der Waals surface area contributed by atoms with Gasteiger partial charge in [-0.1, -0.05) is 24.3 Å². The Balaban J connectivity index is 1.49. The number of para-hydroxylation sites is 1. The Bertz CT molecular complexity index is 954. The van der Waals surface area contributed by atoms with Gasteiger partial charge in [0, 0.05) is 41.3 Å². The fourth-order valence-corrected chi connectivity index (χ4v) is 3.48. The largest absolute Gasteiger partial charge is 0.494 e. The maximum Gasteiger partial charge on any atom is 0.254 e. The summed E-state index contributed by atoms with van der Waals surface area (Å²) < 4.78 is 5.44. The zero-order valence-electron chi connectivity index (χ0n) is 14.9. The molecule has 2 aromatic carbocycles. The number of rotatable bonds is 4. The van der Waals surface area contributed by atoms with E-state index < -0.39 is 0 Å². The van der Waals surface area contributed by atoms with Crippen LogP contribution in [0.1, 0.15) is 29.3 Å². The van der Waals surface area contributed by atoms with E-state index in [2.05, 4.69) is 35.5 Å². The lowest BCUT2D eigenvalue weighted by Crippen LogP contribution is -2.34. The highest BCUT2D eigenvalue weighted by molar-refractivity contribution is 5.96. The van der Waals surface area contributed by atoms with Crippen LogP contribution in [-0.2, 0) is 0 Å². The van der Waals surface area contributed by atoms with E-state index in [9.17, 15) is 4.79 Å². The standard InChI is InChI=1S/C22H22N2O2/c1-2-26-18-9-7-17(8-10-18)22(25)24-13-11-16(12-14-24)20-15-23-21-6-4-3-5-19(20)21/h3-11,15,23H,2,12-14H2,1H3. The average Bonchev–Trinajstić information content (AvgIpc) is 3.13. The molecule has 4 nitrogen and oxygen atoms in total. The average molecular weight is 346 g/mol. The van der Waals surface area contributed by atoms with Crippen molar-refractivity contribution in [3.8, 4) is 5.75 Å². The maximum atomic E-state index is 12.7. The summed E-state index contributed by atoms with van der Waals surface area (Å²) >= 11 is 0. The van der Waals surface area contributed by atoms with Gasteiger partial charge in [-0.15, -0.1) is 0 Å². The predicted molar refractivity (Wildman–Crippen MR) is 104 cm³/mol. The van der Waals surface area contributed by atoms with Crippen LogP contribution >= 0.6 is 0 Å². The number of nitrogens with one attached hydrogen (secondary N) is 1. The topological polar surface area (TPSA) is 45.3 Å². The highest BCUT2D eigenvalue weighted by Gasteiger charge is 2.20. The Morgan fingerprint density at radius 2 is 1.96 bits per heavy atom. The first-order valence-corrected chi connectivity index (χ1v) is 9.04. The van der Waals surface area contributed by atoms with Gasteiger partial charge in [0.25, 0.3) is 5.91 Å². The zero-order valence-corrected chi connectivity index (χ0v) is 14.9. The molecule has 0 saturated heterocycles. The summed E-state index contributed by atoms with van der Waals surface area (Å²) in [7, 11) is 0. The second-order valence-electron chi connectivity index (χ2n) is 6.44. The van der Waals surface area contributed by atoms with Gasteiger partial charge in [0.15, 0.2) is 0 Å². The SMILES string of the molecule is CCOc1ccc(C(=O)N2CC=C(c3c[nH]c4ccccc34)CC2)cc1. The molecule has 0 atom stereocenters. The van der Waals surface area contributed by atoms with Crippen molar-refractivity contribution < 1.29 is 9.53 Å². The molecule has 0 fully saturated rings. The molecule has 4 rings (SSSR count). The lowest BCUT2D eigenvalue weighted by atomic mass is 9.98. The minimum Gasteiger partial charge on any atom is -0.494 e. The monoisotopic (exact) mass is 346 g/mol. The number of hydrogen-bond acceptors (Lipinski definition) is 2. The van der Waals surface area contributed by atoms with Crippen LogP contribution < -0.4 is 4.74 Å². The molecule has 0 bridgehead atoms. The maximum absolute atomic E-state index is 12.7. The lowest BCUT2D eigenvalue weighted by molar-refractivity contribution is 0.0773. The summed E-state index contributed by atoms with van der Waals surface area (Å²) in [5, 5.41) is 1.24. The molecular weight excluding hydrogens is 324 g/mol. The third-order valence-corrected chi connectivity index (χ3v) is 4.84. The van der Waals surface area contributed by atoms with Gasteiger partial charge in [-0.2, -0.15) is 0 Å². The number of ether oxygens (including phenoxy) is 1. The third-order valence-electron chi connectivity index (χ3n) is 4.84. The van der Waals surface area contributed by atoms with E-state index in [0.29, 0.717) is 18.7 Å². The summed E-state index contributed by atoms with van der Waals surface area (Å²) in [5.74, 6) is 0.867. The summed E-state index contributed by atoms with van der Waals surface area (Å²) in [5.41, 5.74) is 4.40. The fourth-order valence-electron chi connectivity index (χ4n) is 3.48. The van der Waals surface area contributed by atoms with E-state index in [0.717, 1.165) is 24.2 Å². The van der Waals surface area contributed by atoms with Crippen LogP contribution in [0.25, 0.3) is 16.5 Å². The van der Waals surface area contributed by atoms with Crippen molar-refractivity contribution in [2.24, 2.45) is 0 Å². The number of nitrogens with zero attached hydrogens (tertiary/aromatic N) is 1. The molecule has 1 N–H and O–H groups in total. The van der Waals surface area contributed by atoms with Crippen molar-refractivity contribution in [3.05, 3.63) is 71.9 Å². The van der Waals surface area contributed by atoms with Gasteiger partial charge in [0.05, 0.1) is 6.61 Å². The molecule has 2 heterocycles. The van der Waals surface area contributed by atoms with Crippen LogP contribution in [0.15, 0.2) is 60.8 Å². The van der Waals surface area contributed by atoms with Gasteiger partial charge < -0.3 is 14.6 Å². The minimum atomic E-state index is 0.0716. The minimum absolute atomic E-state index is 0.0716. The highest BCUT2D eigenvalue weighted by Crippen LogP contribution is 2.29. The first-order chi connectivity index (χ1) is 12.8. The summed E-state index contributed by atoms with van der Waals surface area (Å²) in [6.45, 7) is 3.95. The van der Waals surface area contributed by atoms with Crippen LogP contribution in [0.3, 0.4) is 0 Å². The summed E-state index contributed by atoms with van der Waals surface area (Å²) in [4.78, 5) is 17.9. The fraction of sp³-hybridized carbons (Fsp3) is 0.227. The van der Waals surface area contributed by atoms with Crippen LogP contribution in [0, 0.1) is 0 Å². The Hall–Kier alpha value is -3.01. The van der Waals surface area contributed by atoms with Crippen LogP contribution in [0.2, 0.25) is 0 Å².